The van der Waals surface area contributed by atoms with Crippen LogP contribution in [0.2, 0.25) is 0 Å². The summed E-state index contributed by atoms with van der Waals surface area (Å²) in [5, 5.41) is 9.20. The molecule has 0 amide bonds. The highest BCUT2D eigenvalue weighted by Crippen LogP contribution is 2.25. The second kappa shape index (κ2) is 4.32. The first-order chi connectivity index (χ1) is 7.25. The van der Waals surface area contributed by atoms with Gasteiger partial charge in [0, 0.05) is 0 Å². The van der Waals surface area contributed by atoms with Crippen LogP contribution in [-0.2, 0) is 0 Å². The van der Waals surface area contributed by atoms with E-state index in [1.165, 1.54) is 42.0 Å². The molecule has 0 spiro atoms. The number of carbonyl (C=O) groups is 1. The molecule has 0 aliphatic rings. The van der Waals surface area contributed by atoms with Gasteiger partial charge in [0.1, 0.15) is 11.4 Å². The number of hydrogen-bond donors (Lipinski definition) is 1. The van der Waals surface area contributed by atoms with Crippen LogP contribution in [0.3, 0.4) is 0 Å². The molecule has 2 aromatic heterocycles. The van der Waals surface area contributed by atoms with E-state index in [4.69, 9.17) is 5.11 Å². The van der Waals surface area contributed by atoms with Gasteiger partial charge in [-0.05, 0) is 23.3 Å². The lowest BCUT2D eigenvalue weighted by Gasteiger charge is -1.95. The monoisotopic (exact) mass is 240 g/mol. The van der Waals surface area contributed by atoms with Crippen molar-refractivity contribution < 1.29 is 9.90 Å². The topological polar surface area (TPSA) is 88.9 Å². The third-order valence-electron chi connectivity index (χ3n) is 1.38. The first-order valence-corrected chi connectivity index (χ1v) is 5.34. The SMILES string of the molecule is O=C(O)c1cnc(Sc2ncns2)cn1. The van der Waals surface area contributed by atoms with E-state index in [1.807, 2.05) is 0 Å². The summed E-state index contributed by atoms with van der Waals surface area (Å²) in [6.45, 7) is 0. The minimum Gasteiger partial charge on any atom is -0.476 e. The van der Waals surface area contributed by atoms with Gasteiger partial charge >= 0.3 is 5.97 Å². The van der Waals surface area contributed by atoms with Crippen LogP contribution < -0.4 is 0 Å². The van der Waals surface area contributed by atoms with Gasteiger partial charge in [-0.3, -0.25) is 0 Å². The van der Waals surface area contributed by atoms with E-state index in [0.29, 0.717) is 5.03 Å². The average molecular weight is 240 g/mol. The molecule has 76 valence electrons. The molecule has 0 aliphatic carbocycles. The summed E-state index contributed by atoms with van der Waals surface area (Å²) in [5.74, 6) is -1.09. The van der Waals surface area contributed by atoms with Crippen LogP contribution in [0.1, 0.15) is 10.5 Å². The summed E-state index contributed by atoms with van der Waals surface area (Å²) >= 11 is 2.54. The number of hydrogen-bond acceptors (Lipinski definition) is 7. The second-order valence-electron chi connectivity index (χ2n) is 2.35. The third kappa shape index (κ3) is 2.48. The van der Waals surface area contributed by atoms with Crippen molar-refractivity contribution in [1.82, 2.24) is 19.3 Å². The van der Waals surface area contributed by atoms with Crippen LogP contribution in [0, 0.1) is 0 Å². The third-order valence-corrected chi connectivity index (χ3v) is 3.02. The molecule has 6 nitrogen and oxygen atoms in total. The fourth-order valence-electron chi connectivity index (χ4n) is 0.777. The molecule has 2 heterocycles. The van der Waals surface area contributed by atoms with E-state index >= 15 is 0 Å². The highest BCUT2D eigenvalue weighted by atomic mass is 32.2. The molecule has 0 aromatic carbocycles. The molecule has 0 saturated heterocycles. The molecule has 0 fully saturated rings. The largest absolute Gasteiger partial charge is 0.476 e. The molecule has 0 unspecified atom stereocenters. The molecule has 2 rings (SSSR count). The first kappa shape index (κ1) is 9.99. The highest BCUT2D eigenvalue weighted by molar-refractivity contribution is 8.00. The van der Waals surface area contributed by atoms with Crippen LogP contribution in [0.5, 0.6) is 0 Å². The number of carboxylic acids is 1. The van der Waals surface area contributed by atoms with Gasteiger partial charge in [0.05, 0.1) is 12.4 Å². The van der Waals surface area contributed by atoms with Gasteiger partial charge in [-0.2, -0.15) is 4.37 Å². The molecule has 0 atom stereocenters. The Morgan fingerprint density at radius 2 is 2.20 bits per heavy atom. The van der Waals surface area contributed by atoms with Crippen LogP contribution in [0.15, 0.2) is 28.1 Å². The van der Waals surface area contributed by atoms with Gasteiger partial charge in [-0.15, -0.1) is 0 Å². The van der Waals surface area contributed by atoms with Crippen LogP contribution in [-0.4, -0.2) is 30.4 Å². The molecule has 1 N–H and O–H groups in total. The Morgan fingerprint density at radius 3 is 2.73 bits per heavy atom. The predicted molar refractivity (Wildman–Crippen MR) is 53.0 cm³/mol. The Bertz CT molecular complexity index is 456. The Labute approximate surface area is 92.6 Å². The normalized spacial score (nSPS) is 10.1. The fourth-order valence-corrected chi connectivity index (χ4v) is 2.08. The van der Waals surface area contributed by atoms with Crippen LogP contribution >= 0.6 is 23.3 Å². The first-order valence-electron chi connectivity index (χ1n) is 3.75. The standard InChI is InChI=1S/C7H4N4O2S2/c12-6(13)4-1-9-5(2-8-4)14-7-10-3-11-15-7/h1-3H,(H,12,13). The van der Waals surface area contributed by atoms with Gasteiger partial charge in [0.15, 0.2) is 10.0 Å². The van der Waals surface area contributed by atoms with Crippen molar-refractivity contribution in [2.75, 3.05) is 0 Å². The highest BCUT2D eigenvalue weighted by Gasteiger charge is 2.06. The minimum absolute atomic E-state index is 0.0726. The summed E-state index contributed by atoms with van der Waals surface area (Å²) < 4.78 is 4.57. The number of carboxylic acid groups (broad SMARTS) is 1. The van der Waals surface area contributed by atoms with Crippen LogP contribution in [0.25, 0.3) is 0 Å². The van der Waals surface area contributed by atoms with E-state index in [9.17, 15) is 4.79 Å². The Hall–Kier alpha value is -1.54. The zero-order chi connectivity index (χ0) is 10.7. The lowest BCUT2D eigenvalue weighted by molar-refractivity contribution is 0.0689. The summed E-state index contributed by atoms with van der Waals surface area (Å²) in [7, 11) is 0. The summed E-state index contributed by atoms with van der Waals surface area (Å²) in [4.78, 5) is 22.1. The average Bonchev–Trinajstić information content (AvgIpc) is 2.71. The summed E-state index contributed by atoms with van der Waals surface area (Å²) in [6, 6.07) is 0. The van der Waals surface area contributed by atoms with E-state index in [1.54, 1.807) is 0 Å². The van der Waals surface area contributed by atoms with E-state index < -0.39 is 5.97 Å². The maximum absolute atomic E-state index is 10.5. The van der Waals surface area contributed by atoms with Gasteiger partial charge in [0.2, 0.25) is 0 Å². The van der Waals surface area contributed by atoms with Gasteiger partial charge in [-0.25, -0.2) is 19.7 Å². The van der Waals surface area contributed by atoms with Crippen molar-refractivity contribution in [1.29, 1.82) is 0 Å². The van der Waals surface area contributed by atoms with Gasteiger partial charge in [-0.1, -0.05) is 0 Å². The maximum atomic E-state index is 10.5. The van der Waals surface area contributed by atoms with Crippen molar-refractivity contribution in [2.24, 2.45) is 0 Å². The molecule has 0 aliphatic heterocycles. The number of aromatic carboxylic acids is 1. The van der Waals surface area contributed by atoms with Crippen molar-refractivity contribution in [3.05, 3.63) is 24.4 Å². The van der Waals surface area contributed by atoms with Crippen molar-refractivity contribution >= 4 is 29.3 Å². The van der Waals surface area contributed by atoms with Crippen LogP contribution in [0.4, 0.5) is 0 Å². The van der Waals surface area contributed by atoms with E-state index in [-0.39, 0.29) is 5.69 Å². The molecule has 15 heavy (non-hydrogen) atoms. The molecular weight excluding hydrogens is 236 g/mol. The van der Waals surface area contributed by atoms with Gasteiger partial charge in [0.25, 0.3) is 0 Å². The quantitative estimate of drug-likeness (QED) is 0.861. The lowest BCUT2D eigenvalue weighted by Crippen LogP contribution is -2.00. The lowest BCUT2D eigenvalue weighted by atomic mass is 10.5. The summed E-state index contributed by atoms with van der Waals surface area (Å²) in [5.41, 5.74) is -0.0726. The van der Waals surface area contributed by atoms with E-state index in [0.717, 1.165) is 4.34 Å². The second-order valence-corrected chi connectivity index (χ2v) is 4.40. The number of nitrogens with zero attached hydrogens (tertiary/aromatic N) is 4. The predicted octanol–water partition coefficient (Wildman–Crippen LogP) is 1.18. The maximum Gasteiger partial charge on any atom is 0.356 e. The molecular formula is C7H4N4O2S2. The fraction of sp³-hybridized carbons (Fsp3) is 0. The molecule has 2 aromatic rings. The minimum atomic E-state index is -1.09. The smallest absolute Gasteiger partial charge is 0.356 e. The molecule has 0 bridgehead atoms. The van der Waals surface area contributed by atoms with Crippen molar-refractivity contribution in [2.45, 2.75) is 9.37 Å². The number of rotatable bonds is 3. The van der Waals surface area contributed by atoms with Crippen molar-refractivity contribution in [3.63, 3.8) is 0 Å². The van der Waals surface area contributed by atoms with Gasteiger partial charge < -0.3 is 5.11 Å². The zero-order valence-electron chi connectivity index (χ0n) is 7.19. The molecule has 8 heteroatoms. The molecule has 0 saturated carbocycles. The van der Waals surface area contributed by atoms with E-state index in [2.05, 4.69) is 19.3 Å². The Morgan fingerprint density at radius 1 is 1.33 bits per heavy atom. The number of aromatic nitrogens is 4. The molecule has 0 radical (unpaired) electrons. The summed E-state index contributed by atoms with van der Waals surface area (Å²) in [6.07, 6.45) is 4.06. The van der Waals surface area contributed by atoms with Crippen molar-refractivity contribution in [3.8, 4) is 0 Å². The Balaban J connectivity index is 2.14. The Kier molecular flexibility index (Phi) is 2.88. The zero-order valence-corrected chi connectivity index (χ0v) is 8.83.